The van der Waals surface area contributed by atoms with Crippen molar-refractivity contribution in [2.24, 2.45) is 35.5 Å². The number of methoxy groups -OCH3 is 3. The largest absolute Gasteiger partial charge is 0.460 e. The molecule has 0 aromatic carbocycles. The maximum Gasteiger partial charge on any atom is 0.329 e. The number of rotatable bonds is 6. The van der Waals surface area contributed by atoms with E-state index in [2.05, 4.69) is 0 Å². The SMILES string of the molecule is CO[C@H]1C[C@@H]2CC[C@@H](C)[C@@](O)(O2)[C@H](O)C(=O)N2CCCCC2C(=O)OC([C@H](C)CC2CC[C@@H](O)[C@H](OC)C2)CC(=O)[C@H](C)/C=C(\C)C(O)[C@@H](OC)C(=O)C(C)CC(C)/C=C/C=C/C=C/1C. The van der Waals surface area contributed by atoms with Crippen molar-refractivity contribution in [1.29, 1.82) is 0 Å². The zero-order valence-electron chi connectivity index (χ0n) is 40.7. The van der Waals surface area contributed by atoms with Crippen LogP contribution < -0.4 is 0 Å². The first kappa shape index (κ1) is 54.5. The lowest BCUT2D eigenvalue weighted by molar-refractivity contribution is -0.317. The lowest BCUT2D eigenvalue weighted by atomic mass is 9.78. The van der Waals surface area contributed by atoms with E-state index >= 15 is 0 Å². The molecule has 4 aliphatic rings. The van der Waals surface area contributed by atoms with Crippen molar-refractivity contribution in [2.45, 2.75) is 186 Å². The Hall–Kier alpha value is -3.08. The number of hydrogen-bond donors (Lipinski definition) is 4. The first-order valence-corrected chi connectivity index (χ1v) is 24.1. The van der Waals surface area contributed by atoms with Gasteiger partial charge in [-0.2, -0.15) is 0 Å². The summed E-state index contributed by atoms with van der Waals surface area (Å²) in [5, 5.41) is 45.7. The monoisotopic (exact) mass is 916 g/mol. The van der Waals surface area contributed by atoms with Crippen molar-refractivity contribution >= 4 is 23.4 Å². The van der Waals surface area contributed by atoms with E-state index in [0.29, 0.717) is 63.4 Å². The summed E-state index contributed by atoms with van der Waals surface area (Å²) >= 11 is 0. The number of nitrogens with zero attached hydrogens (tertiary/aromatic N) is 1. The van der Waals surface area contributed by atoms with Crippen LogP contribution >= 0.6 is 0 Å². The Morgan fingerprint density at radius 2 is 1.57 bits per heavy atom. The Labute approximate surface area is 387 Å². The predicted molar refractivity (Wildman–Crippen MR) is 246 cm³/mol. The summed E-state index contributed by atoms with van der Waals surface area (Å²) < 4.78 is 29.5. The Morgan fingerprint density at radius 3 is 2.25 bits per heavy atom. The number of allylic oxidation sites excluding steroid dienone is 6. The summed E-state index contributed by atoms with van der Waals surface area (Å²) in [4.78, 5) is 57.8. The topological polar surface area (TPSA) is 199 Å². The minimum Gasteiger partial charge on any atom is -0.460 e. The first-order valence-electron chi connectivity index (χ1n) is 24.1. The summed E-state index contributed by atoms with van der Waals surface area (Å²) in [5.41, 5.74) is 1.30. The molecule has 16 atom stereocenters. The van der Waals surface area contributed by atoms with Crippen LogP contribution in [0.15, 0.2) is 47.6 Å². The van der Waals surface area contributed by atoms with E-state index < -0.39 is 78.1 Å². The van der Waals surface area contributed by atoms with Crippen molar-refractivity contribution in [1.82, 2.24) is 4.90 Å². The zero-order valence-corrected chi connectivity index (χ0v) is 40.7. The van der Waals surface area contributed by atoms with Crippen molar-refractivity contribution < 1.29 is 63.3 Å². The van der Waals surface area contributed by atoms with Gasteiger partial charge >= 0.3 is 5.97 Å². The van der Waals surface area contributed by atoms with Gasteiger partial charge in [0.15, 0.2) is 11.9 Å². The van der Waals surface area contributed by atoms with E-state index in [1.165, 1.54) is 12.0 Å². The number of aliphatic hydroxyl groups is 4. The van der Waals surface area contributed by atoms with Crippen molar-refractivity contribution in [2.75, 3.05) is 27.9 Å². The molecule has 3 aliphatic heterocycles. The molecule has 368 valence electrons. The molecule has 4 N–H and O–H groups in total. The molecule has 14 heteroatoms. The van der Waals surface area contributed by atoms with Crippen LogP contribution in [0.1, 0.15) is 126 Å². The van der Waals surface area contributed by atoms with E-state index in [1.807, 2.05) is 58.1 Å². The number of piperidine rings is 1. The van der Waals surface area contributed by atoms with Crippen LogP contribution in [0.5, 0.6) is 0 Å². The minimum atomic E-state index is -2.23. The fourth-order valence-electron chi connectivity index (χ4n) is 10.3. The second kappa shape index (κ2) is 25.3. The lowest BCUT2D eigenvalue weighted by Gasteiger charge is -2.46. The van der Waals surface area contributed by atoms with E-state index in [1.54, 1.807) is 41.1 Å². The van der Waals surface area contributed by atoms with Crippen molar-refractivity contribution in [3.8, 4) is 0 Å². The van der Waals surface area contributed by atoms with Crippen molar-refractivity contribution in [3.63, 3.8) is 0 Å². The Morgan fingerprint density at radius 1 is 0.846 bits per heavy atom. The van der Waals surface area contributed by atoms with Gasteiger partial charge in [-0.15, -0.1) is 0 Å². The molecule has 1 saturated carbocycles. The average Bonchev–Trinajstić information content (AvgIpc) is 3.28. The Bertz CT molecular complexity index is 1710. The standard InChI is InChI=1S/C51H81NO13/c1-30-16-12-11-13-17-31(2)42(61-8)28-38-21-19-36(7)51(60,65-38)48(57)49(58)52-23-15-14-18-39(52)50(59)64-43(33(4)26-37-20-22-40(53)44(27-37)62-9)29-41(54)32(3)25-35(6)46(56)47(63-10)45(55)34(5)24-30/h11-13,16-17,25,30,32-34,36-40,42-44,46-48,53,56-57,60H,14-15,18-24,26-29H2,1-10H3/b13-11+,16-12+,31-17+,35-25+/t30?,32-,33-,34?,36-,37?,38+,39?,40-,42+,43?,44-,46?,47+,48-,51-/m1/s1. The molecule has 4 rings (SSSR count). The maximum absolute atomic E-state index is 14.4. The van der Waals surface area contributed by atoms with Gasteiger partial charge in [0.2, 0.25) is 5.79 Å². The fraction of sp³-hybridized carbons (Fsp3) is 0.765. The van der Waals surface area contributed by atoms with Gasteiger partial charge in [0, 0.05) is 58.5 Å². The molecule has 0 radical (unpaired) electrons. The van der Waals surface area contributed by atoms with Gasteiger partial charge < -0.3 is 49.0 Å². The number of fused-ring (bicyclic) bond motifs is 3. The molecule has 1 amide bonds. The zero-order chi connectivity index (χ0) is 48.2. The molecule has 14 nitrogen and oxygen atoms in total. The van der Waals surface area contributed by atoms with Crippen molar-refractivity contribution in [3.05, 3.63) is 47.6 Å². The molecular weight excluding hydrogens is 835 g/mol. The molecule has 0 aromatic rings. The van der Waals surface area contributed by atoms with E-state index in [4.69, 9.17) is 23.7 Å². The van der Waals surface area contributed by atoms with Gasteiger partial charge in [-0.3, -0.25) is 14.4 Å². The number of esters is 1. The first-order chi connectivity index (χ1) is 30.7. The number of ketones is 2. The molecule has 0 aromatic heterocycles. The van der Waals surface area contributed by atoms with E-state index in [9.17, 15) is 39.6 Å². The number of carbonyl (C=O) groups is 4. The average molecular weight is 916 g/mol. The second-order valence-electron chi connectivity index (χ2n) is 19.8. The number of Topliss-reactive ketones (excluding diaryl/α,β-unsaturated/α-hetero) is 2. The summed E-state index contributed by atoms with van der Waals surface area (Å²) in [6.07, 6.45) is 9.72. The Balaban J connectivity index is 1.70. The molecule has 3 fully saturated rings. The van der Waals surface area contributed by atoms with Gasteiger partial charge in [-0.25, -0.2) is 4.79 Å². The van der Waals surface area contributed by atoms with Gasteiger partial charge in [0.1, 0.15) is 30.1 Å². The van der Waals surface area contributed by atoms with Crippen LogP contribution in [-0.2, 0) is 42.9 Å². The highest BCUT2D eigenvalue weighted by atomic mass is 16.6. The quantitative estimate of drug-likeness (QED) is 0.180. The maximum atomic E-state index is 14.4. The summed E-state index contributed by atoms with van der Waals surface area (Å²) in [7, 11) is 4.55. The molecule has 6 unspecified atom stereocenters. The summed E-state index contributed by atoms with van der Waals surface area (Å²) in [6, 6.07) is -1.08. The van der Waals surface area contributed by atoms with Crippen LogP contribution in [0.4, 0.5) is 0 Å². The molecule has 0 spiro atoms. The third kappa shape index (κ3) is 14.5. The molecule has 1 aliphatic carbocycles. The lowest BCUT2D eigenvalue weighted by Crippen LogP contribution is -2.63. The predicted octanol–water partition coefficient (Wildman–Crippen LogP) is 5.97. The summed E-state index contributed by atoms with van der Waals surface area (Å²) in [5.74, 6) is -6.22. The summed E-state index contributed by atoms with van der Waals surface area (Å²) in [6.45, 7) is 12.9. The van der Waals surface area contributed by atoms with Gasteiger partial charge in [0.25, 0.3) is 5.91 Å². The molecule has 2 bridgehead atoms. The molecule has 2 saturated heterocycles. The van der Waals surface area contributed by atoms with Crippen LogP contribution in [-0.4, -0.2) is 137 Å². The van der Waals surface area contributed by atoms with E-state index in [-0.39, 0.29) is 60.9 Å². The molecule has 3 heterocycles. The number of ether oxygens (including phenoxy) is 5. The van der Waals surface area contributed by atoms with Crippen LogP contribution in [0.3, 0.4) is 0 Å². The smallest absolute Gasteiger partial charge is 0.329 e. The number of hydrogen-bond acceptors (Lipinski definition) is 13. The van der Waals surface area contributed by atoms with Crippen LogP contribution in [0.2, 0.25) is 0 Å². The number of amides is 1. The second-order valence-corrected chi connectivity index (χ2v) is 19.8. The van der Waals surface area contributed by atoms with Crippen LogP contribution in [0, 0.1) is 35.5 Å². The third-order valence-corrected chi connectivity index (χ3v) is 14.7. The van der Waals surface area contributed by atoms with E-state index in [0.717, 1.165) is 12.0 Å². The third-order valence-electron chi connectivity index (χ3n) is 14.7. The highest BCUT2D eigenvalue weighted by molar-refractivity contribution is 5.89. The van der Waals surface area contributed by atoms with Gasteiger partial charge in [0.05, 0.1) is 24.4 Å². The minimum absolute atomic E-state index is 0.0264. The molecular formula is C51H81NO13. The normalized spacial score (nSPS) is 41.5. The number of carbonyl (C=O) groups excluding carboxylic acids is 4. The number of aliphatic hydroxyl groups excluding tert-OH is 3. The Kier molecular flexibility index (Phi) is 21.3. The highest BCUT2D eigenvalue weighted by Crippen LogP contribution is 2.39. The fourth-order valence-corrected chi connectivity index (χ4v) is 10.3. The molecule has 65 heavy (non-hydrogen) atoms. The highest BCUT2D eigenvalue weighted by Gasteiger charge is 2.53. The van der Waals surface area contributed by atoms with Crippen LogP contribution in [0.25, 0.3) is 0 Å². The van der Waals surface area contributed by atoms with Gasteiger partial charge in [-0.1, -0.05) is 71.1 Å². The van der Waals surface area contributed by atoms with Gasteiger partial charge in [-0.05, 0) is 107 Å². The number of cyclic esters (lactones) is 1.